The van der Waals surface area contributed by atoms with Crippen molar-refractivity contribution >= 4 is 27.8 Å². The Morgan fingerprint density at radius 1 is 1.46 bits per heavy atom. The summed E-state index contributed by atoms with van der Waals surface area (Å²) in [5, 5.41) is 10.5. The van der Waals surface area contributed by atoms with Gasteiger partial charge in [-0.2, -0.15) is 0 Å². The minimum Gasteiger partial charge on any atom is -0.366 e. The summed E-state index contributed by atoms with van der Waals surface area (Å²) in [6.07, 6.45) is 3.31. The average molecular weight is 348 g/mol. The van der Waals surface area contributed by atoms with Crippen LogP contribution in [0.4, 0.5) is 0 Å². The van der Waals surface area contributed by atoms with E-state index in [1.807, 2.05) is 24.3 Å². The number of imidazole rings is 1. The third kappa shape index (κ3) is 5.11. The van der Waals surface area contributed by atoms with Gasteiger partial charge in [0.05, 0.1) is 17.6 Å². The molecule has 6 nitrogen and oxygen atoms in total. The van der Waals surface area contributed by atoms with Crippen LogP contribution in [-0.2, 0) is 11.3 Å². The number of hydroxylamine groups is 1. The van der Waals surface area contributed by atoms with Crippen molar-refractivity contribution in [3.63, 3.8) is 0 Å². The van der Waals surface area contributed by atoms with E-state index in [9.17, 15) is 0 Å². The van der Waals surface area contributed by atoms with Crippen LogP contribution in [0.2, 0.25) is 0 Å². The van der Waals surface area contributed by atoms with Crippen LogP contribution in [0, 0.1) is 5.41 Å². The third-order valence-corrected chi connectivity index (χ3v) is 3.68. The molecule has 1 aromatic heterocycles. The van der Waals surface area contributed by atoms with Crippen molar-refractivity contribution in [2.75, 3.05) is 13.2 Å². The van der Waals surface area contributed by atoms with Gasteiger partial charge in [-0.3, -0.25) is 15.7 Å². The molecule has 0 aliphatic carbocycles. The summed E-state index contributed by atoms with van der Waals surface area (Å²) in [4.78, 5) is 13.3. The van der Waals surface area contributed by atoms with Crippen molar-refractivity contribution in [2.45, 2.75) is 19.8 Å². The monoisotopic (exact) mass is 347 g/mol. The van der Waals surface area contributed by atoms with E-state index in [0.717, 1.165) is 29.7 Å². The highest BCUT2D eigenvalue weighted by molar-refractivity contribution is 6.68. The number of rotatable bonds is 10. The number of fused-ring (bicyclic) bond motifs is 1. The van der Waals surface area contributed by atoms with Gasteiger partial charge in [0.2, 0.25) is 0 Å². The van der Waals surface area contributed by atoms with Gasteiger partial charge in [0.15, 0.2) is 0 Å². The molecular formula is C17H22ClN5O. The Labute approximate surface area is 146 Å². The first kappa shape index (κ1) is 18.0. The number of nitrogens with zero attached hydrogens (tertiary/aromatic N) is 1. The lowest BCUT2D eigenvalue weighted by Gasteiger charge is -2.14. The number of hydrogen-bond donors (Lipinski definition) is 4. The number of benzene rings is 1. The van der Waals surface area contributed by atoms with Crippen LogP contribution in [0.15, 0.2) is 48.3 Å². The largest absolute Gasteiger partial charge is 0.366 e. The maximum Gasteiger partial charge on any atom is 0.129 e. The molecule has 0 fully saturated rings. The van der Waals surface area contributed by atoms with Gasteiger partial charge in [0.1, 0.15) is 16.8 Å². The molecular weight excluding hydrogens is 326 g/mol. The van der Waals surface area contributed by atoms with Crippen molar-refractivity contribution < 1.29 is 4.84 Å². The summed E-state index contributed by atoms with van der Waals surface area (Å²) in [6.45, 7) is 6.44. The molecule has 0 bridgehead atoms. The molecule has 1 aromatic carbocycles. The molecule has 2 aromatic rings. The standard InChI is InChI=1S/C17H22ClN5O/c1-3-10-20-17(12(2)16(18)19)23-24-11-6-9-15-21-13-7-4-5-8-14(13)22-15/h3-5,7-8,19-20,23H,1,6,9-11H2,2H3,(H,21,22)/b17-12-,19-16?. The highest BCUT2D eigenvalue weighted by Gasteiger charge is 2.06. The van der Waals surface area contributed by atoms with E-state index in [1.165, 1.54) is 0 Å². The van der Waals surface area contributed by atoms with Crippen LogP contribution in [0.5, 0.6) is 0 Å². The van der Waals surface area contributed by atoms with E-state index >= 15 is 0 Å². The Kier molecular flexibility index (Phi) is 6.84. The van der Waals surface area contributed by atoms with Gasteiger partial charge in [0.25, 0.3) is 0 Å². The maximum absolute atomic E-state index is 7.48. The van der Waals surface area contributed by atoms with Gasteiger partial charge in [-0.15, -0.1) is 6.58 Å². The molecule has 0 aliphatic rings. The van der Waals surface area contributed by atoms with Gasteiger partial charge in [-0.1, -0.05) is 29.8 Å². The highest BCUT2D eigenvalue weighted by atomic mass is 35.5. The summed E-state index contributed by atoms with van der Waals surface area (Å²) in [6, 6.07) is 7.95. The number of para-hydroxylation sites is 2. The van der Waals surface area contributed by atoms with E-state index in [4.69, 9.17) is 21.8 Å². The van der Waals surface area contributed by atoms with Crippen LogP contribution in [0.3, 0.4) is 0 Å². The molecule has 128 valence electrons. The Morgan fingerprint density at radius 3 is 2.96 bits per heavy atom. The van der Waals surface area contributed by atoms with Gasteiger partial charge in [-0.05, 0) is 25.5 Å². The van der Waals surface area contributed by atoms with Gasteiger partial charge in [0, 0.05) is 18.5 Å². The van der Waals surface area contributed by atoms with E-state index in [0.29, 0.717) is 24.5 Å². The molecule has 0 amide bonds. The fourth-order valence-electron chi connectivity index (χ4n) is 2.09. The number of aryl methyl sites for hydroxylation is 1. The molecule has 7 heteroatoms. The second-order valence-electron chi connectivity index (χ2n) is 5.24. The topological polar surface area (TPSA) is 85.8 Å². The fourth-order valence-corrected chi connectivity index (χ4v) is 2.18. The minimum atomic E-state index is -0.0417. The smallest absolute Gasteiger partial charge is 0.129 e. The molecule has 0 radical (unpaired) electrons. The molecule has 4 N–H and O–H groups in total. The Bertz CT molecular complexity index is 704. The van der Waals surface area contributed by atoms with Crippen molar-refractivity contribution in [1.29, 1.82) is 5.41 Å². The van der Waals surface area contributed by atoms with Crippen LogP contribution in [0.25, 0.3) is 11.0 Å². The lowest BCUT2D eigenvalue weighted by Crippen LogP contribution is -2.29. The molecule has 0 saturated carbocycles. The molecule has 0 unspecified atom stereocenters. The Morgan fingerprint density at radius 2 is 2.25 bits per heavy atom. The molecule has 1 heterocycles. The zero-order valence-electron chi connectivity index (χ0n) is 13.7. The summed E-state index contributed by atoms with van der Waals surface area (Å²) in [5.41, 5.74) is 5.41. The molecule has 2 rings (SSSR count). The maximum atomic E-state index is 7.48. The summed E-state index contributed by atoms with van der Waals surface area (Å²) in [5.74, 6) is 1.51. The zero-order valence-corrected chi connectivity index (χ0v) is 14.4. The fraction of sp³-hybridized carbons (Fsp3) is 0.294. The van der Waals surface area contributed by atoms with E-state index in [-0.39, 0.29) is 5.17 Å². The number of hydrogen-bond acceptors (Lipinski definition) is 5. The van der Waals surface area contributed by atoms with E-state index in [2.05, 4.69) is 27.3 Å². The number of H-pyrrole nitrogens is 1. The normalized spacial score (nSPS) is 11.9. The molecule has 0 saturated heterocycles. The SMILES string of the molecule is C=CCN/C(NOCCCc1nc2ccccc2[nH]1)=C(\C)C(=N)Cl. The highest BCUT2D eigenvalue weighted by Crippen LogP contribution is 2.11. The van der Waals surface area contributed by atoms with Gasteiger partial charge < -0.3 is 10.3 Å². The Balaban J connectivity index is 1.79. The predicted octanol–water partition coefficient (Wildman–Crippen LogP) is 3.24. The molecule has 0 aliphatic heterocycles. The van der Waals surface area contributed by atoms with Crippen molar-refractivity contribution in [3.05, 3.63) is 54.1 Å². The van der Waals surface area contributed by atoms with Crippen molar-refractivity contribution in [3.8, 4) is 0 Å². The van der Waals surface area contributed by atoms with Crippen molar-refractivity contribution in [2.24, 2.45) is 0 Å². The van der Waals surface area contributed by atoms with Crippen LogP contribution in [0.1, 0.15) is 19.2 Å². The number of aromatic nitrogens is 2. The third-order valence-electron chi connectivity index (χ3n) is 3.40. The number of nitrogens with one attached hydrogen (secondary N) is 4. The van der Waals surface area contributed by atoms with E-state index < -0.39 is 0 Å². The summed E-state index contributed by atoms with van der Waals surface area (Å²) >= 11 is 5.71. The van der Waals surface area contributed by atoms with Crippen LogP contribution < -0.4 is 10.8 Å². The lowest BCUT2D eigenvalue weighted by molar-refractivity contribution is 0.0561. The quantitative estimate of drug-likeness (QED) is 0.230. The molecule has 24 heavy (non-hydrogen) atoms. The van der Waals surface area contributed by atoms with Crippen LogP contribution >= 0.6 is 11.6 Å². The van der Waals surface area contributed by atoms with Gasteiger partial charge >= 0.3 is 0 Å². The minimum absolute atomic E-state index is 0.0417. The van der Waals surface area contributed by atoms with E-state index in [1.54, 1.807) is 13.0 Å². The lowest BCUT2D eigenvalue weighted by atomic mass is 10.3. The molecule has 0 atom stereocenters. The predicted molar refractivity (Wildman–Crippen MR) is 98.0 cm³/mol. The number of aromatic amines is 1. The van der Waals surface area contributed by atoms with Crippen LogP contribution in [-0.4, -0.2) is 28.3 Å². The number of allylic oxidation sites excluding steroid dienone is 1. The molecule has 0 spiro atoms. The first-order chi connectivity index (χ1) is 11.6. The van der Waals surface area contributed by atoms with Gasteiger partial charge in [-0.25, -0.2) is 4.98 Å². The zero-order chi connectivity index (χ0) is 17.4. The second-order valence-corrected chi connectivity index (χ2v) is 5.62. The number of halogens is 1. The summed E-state index contributed by atoms with van der Waals surface area (Å²) < 4.78 is 0. The average Bonchev–Trinajstić information content (AvgIpc) is 2.99. The Hall–Kier alpha value is -2.31. The first-order valence-corrected chi connectivity index (χ1v) is 8.11. The summed E-state index contributed by atoms with van der Waals surface area (Å²) in [7, 11) is 0. The second kappa shape index (κ2) is 9.10. The first-order valence-electron chi connectivity index (χ1n) is 7.73. The van der Waals surface area contributed by atoms with Crippen molar-refractivity contribution in [1.82, 2.24) is 20.8 Å².